The predicted molar refractivity (Wildman–Crippen MR) is 60.5 cm³/mol. The lowest BCUT2D eigenvalue weighted by atomic mass is 10.0. The first-order valence-electron chi connectivity index (χ1n) is 5.40. The van der Waals surface area contributed by atoms with E-state index in [1.54, 1.807) is 12.3 Å². The fraction of sp³-hybridized carbons (Fsp3) is 0.250. The highest BCUT2D eigenvalue weighted by atomic mass is 19.1. The van der Waals surface area contributed by atoms with E-state index in [0.29, 0.717) is 12.2 Å². The van der Waals surface area contributed by atoms with Crippen molar-refractivity contribution in [2.75, 3.05) is 6.54 Å². The zero-order valence-corrected chi connectivity index (χ0v) is 9.37. The summed E-state index contributed by atoms with van der Waals surface area (Å²) in [5.41, 5.74) is 0.979. The second-order valence-corrected chi connectivity index (χ2v) is 3.67. The molecule has 2 rings (SSSR count). The van der Waals surface area contributed by atoms with E-state index >= 15 is 0 Å². The molecule has 2 N–H and O–H groups in total. The molecule has 0 bridgehead atoms. The summed E-state index contributed by atoms with van der Waals surface area (Å²) in [6, 6.07) is 4.75. The summed E-state index contributed by atoms with van der Waals surface area (Å²) in [4.78, 5) is 0. The van der Waals surface area contributed by atoms with Crippen LogP contribution in [0.5, 0.6) is 0 Å². The molecule has 0 saturated heterocycles. The average molecular weight is 237 g/mol. The van der Waals surface area contributed by atoms with Crippen LogP contribution in [-0.2, 0) is 0 Å². The van der Waals surface area contributed by atoms with Gasteiger partial charge in [0.2, 0.25) is 0 Å². The summed E-state index contributed by atoms with van der Waals surface area (Å²) < 4.78 is 26.9. The molecule has 0 saturated carbocycles. The average Bonchev–Trinajstić information content (AvgIpc) is 2.83. The Hall–Kier alpha value is -1.75. The van der Waals surface area contributed by atoms with Gasteiger partial charge in [-0.15, -0.1) is 0 Å². The number of rotatable bonds is 4. The molecule has 0 aliphatic carbocycles. The monoisotopic (exact) mass is 237 g/mol. The molecular weight excluding hydrogens is 224 g/mol. The molecule has 1 unspecified atom stereocenters. The zero-order chi connectivity index (χ0) is 12.3. The maximum Gasteiger partial charge on any atom is 0.128 e. The van der Waals surface area contributed by atoms with Gasteiger partial charge in [0.15, 0.2) is 0 Å². The van der Waals surface area contributed by atoms with E-state index in [-0.39, 0.29) is 5.56 Å². The second kappa shape index (κ2) is 5.05. The third-order valence-corrected chi connectivity index (χ3v) is 2.51. The molecule has 0 fully saturated rings. The summed E-state index contributed by atoms with van der Waals surface area (Å²) in [5.74, 6) is -0.893. The summed E-state index contributed by atoms with van der Waals surface area (Å²) >= 11 is 0. The van der Waals surface area contributed by atoms with E-state index in [9.17, 15) is 8.78 Å². The van der Waals surface area contributed by atoms with Crippen molar-refractivity contribution in [2.24, 2.45) is 0 Å². The molecule has 1 aromatic carbocycles. The first-order chi connectivity index (χ1) is 8.22. The van der Waals surface area contributed by atoms with Gasteiger partial charge < -0.3 is 5.32 Å². The standard InChI is InChI=1S/C12H13F2N3/c1-2-15-12(11-5-6-16-17-11)9-7-8(13)3-4-10(9)14/h3-7,12,15H,2H2,1H3,(H,16,17). The molecule has 3 nitrogen and oxygen atoms in total. The van der Waals surface area contributed by atoms with Gasteiger partial charge in [-0.2, -0.15) is 5.10 Å². The number of nitrogens with one attached hydrogen (secondary N) is 2. The van der Waals surface area contributed by atoms with Gasteiger partial charge in [0, 0.05) is 11.8 Å². The van der Waals surface area contributed by atoms with Crippen LogP contribution in [0, 0.1) is 11.6 Å². The van der Waals surface area contributed by atoms with Gasteiger partial charge in [-0.3, -0.25) is 5.10 Å². The summed E-state index contributed by atoms with van der Waals surface area (Å²) in [5, 5.41) is 9.68. The molecule has 5 heteroatoms. The molecular formula is C12H13F2N3. The highest BCUT2D eigenvalue weighted by Gasteiger charge is 2.18. The van der Waals surface area contributed by atoms with Gasteiger partial charge in [0.25, 0.3) is 0 Å². The highest BCUT2D eigenvalue weighted by Crippen LogP contribution is 2.23. The van der Waals surface area contributed by atoms with Crippen molar-refractivity contribution in [3.8, 4) is 0 Å². The van der Waals surface area contributed by atoms with Crippen LogP contribution in [0.3, 0.4) is 0 Å². The van der Waals surface area contributed by atoms with Crippen LogP contribution in [0.1, 0.15) is 24.2 Å². The van der Waals surface area contributed by atoms with Gasteiger partial charge in [-0.25, -0.2) is 8.78 Å². The van der Waals surface area contributed by atoms with Crippen molar-refractivity contribution in [1.82, 2.24) is 15.5 Å². The van der Waals surface area contributed by atoms with Crippen molar-refractivity contribution in [3.63, 3.8) is 0 Å². The Labute approximate surface area is 97.9 Å². The Morgan fingerprint density at radius 3 is 2.82 bits per heavy atom. The van der Waals surface area contributed by atoms with Crippen LogP contribution in [0.4, 0.5) is 8.78 Å². The van der Waals surface area contributed by atoms with Crippen LogP contribution in [0.15, 0.2) is 30.5 Å². The Balaban J connectivity index is 2.42. The van der Waals surface area contributed by atoms with Gasteiger partial charge in [0.05, 0.1) is 11.7 Å². The van der Waals surface area contributed by atoms with Crippen LogP contribution in [0.25, 0.3) is 0 Å². The van der Waals surface area contributed by atoms with Crippen LogP contribution >= 0.6 is 0 Å². The van der Waals surface area contributed by atoms with E-state index in [1.165, 1.54) is 6.07 Å². The first-order valence-corrected chi connectivity index (χ1v) is 5.40. The minimum absolute atomic E-state index is 0.274. The normalized spacial score (nSPS) is 12.6. The van der Waals surface area contributed by atoms with Crippen LogP contribution in [-0.4, -0.2) is 16.7 Å². The third kappa shape index (κ3) is 2.50. The zero-order valence-electron chi connectivity index (χ0n) is 9.37. The topological polar surface area (TPSA) is 40.7 Å². The van der Waals surface area contributed by atoms with E-state index in [0.717, 1.165) is 12.1 Å². The Bertz CT molecular complexity index is 483. The fourth-order valence-electron chi connectivity index (χ4n) is 1.75. The number of aromatic nitrogens is 2. The highest BCUT2D eigenvalue weighted by molar-refractivity contribution is 5.29. The number of aromatic amines is 1. The molecule has 0 amide bonds. The molecule has 0 aliphatic heterocycles. The molecule has 2 aromatic rings. The quantitative estimate of drug-likeness (QED) is 0.857. The first kappa shape index (κ1) is 11.7. The molecule has 1 atom stereocenters. The van der Waals surface area contributed by atoms with E-state index < -0.39 is 17.7 Å². The summed E-state index contributed by atoms with van der Waals surface area (Å²) in [6.45, 7) is 2.54. The van der Waals surface area contributed by atoms with Crippen molar-refractivity contribution in [1.29, 1.82) is 0 Å². The predicted octanol–water partition coefficient (Wildman–Crippen LogP) is 2.39. The van der Waals surface area contributed by atoms with Gasteiger partial charge >= 0.3 is 0 Å². The molecule has 90 valence electrons. The van der Waals surface area contributed by atoms with Crippen molar-refractivity contribution in [3.05, 3.63) is 53.4 Å². The molecule has 0 radical (unpaired) electrons. The number of hydrogen-bond donors (Lipinski definition) is 2. The Morgan fingerprint density at radius 1 is 1.35 bits per heavy atom. The third-order valence-electron chi connectivity index (χ3n) is 2.51. The Morgan fingerprint density at radius 2 is 2.18 bits per heavy atom. The molecule has 0 aliphatic rings. The second-order valence-electron chi connectivity index (χ2n) is 3.67. The SMILES string of the molecule is CCNC(c1ccn[nH]1)c1cc(F)ccc1F. The summed E-state index contributed by atoms with van der Waals surface area (Å²) in [7, 11) is 0. The minimum atomic E-state index is -0.455. The number of H-pyrrole nitrogens is 1. The van der Waals surface area contributed by atoms with Crippen molar-refractivity contribution in [2.45, 2.75) is 13.0 Å². The number of hydrogen-bond acceptors (Lipinski definition) is 2. The maximum atomic E-state index is 13.7. The van der Waals surface area contributed by atoms with E-state index in [2.05, 4.69) is 15.5 Å². The van der Waals surface area contributed by atoms with E-state index in [1.807, 2.05) is 6.92 Å². The van der Waals surface area contributed by atoms with Gasteiger partial charge in [0.1, 0.15) is 11.6 Å². The summed E-state index contributed by atoms with van der Waals surface area (Å²) in [6.07, 6.45) is 1.58. The molecule has 1 heterocycles. The van der Waals surface area contributed by atoms with E-state index in [4.69, 9.17) is 0 Å². The van der Waals surface area contributed by atoms with Crippen LogP contribution < -0.4 is 5.32 Å². The minimum Gasteiger partial charge on any atom is -0.305 e. The Kier molecular flexibility index (Phi) is 3.49. The lowest BCUT2D eigenvalue weighted by molar-refractivity contribution is 0.538. The van der Waals surface area contributed by atoms with Gasteiger partial charge in [-0.05, 0) is 30.8 Å². The lowest BCUT2D eigenvalue weighted by Gasteiger charge is -2.17. The van der Waals surface area contributed by atoms with Crippen molar-refractivity contribution >= 4 is 0 Å². The maximum absolute atomic E-state index is 13.7. The lowest BCUT2D eigenvalue weighted by Crippen LogP contribution is -2.23. The smallest absolute Gasteiger partial charge is 0.128 e. The number of halogens is 2. The number of nitrogens with zero attached hydrogens (tertiary/aromatic N) is 1. The molecule has 1 aromatic heterocycles. The van der Waals surface area contributed by atoms with Crippen molar-refractivity contribution < 1.29 is 8.78 Å². The largest absolute Gasteiger partial charge is 0.305 e. The van der Waals surface area contributed by atoms with Gasteiger partial charge in [-0.1, -0.05) is 6.92 Å². The fourth-order valence-corrected chi connectivity index (χ4v) is 1.75. The molecule has 17 heavy (non-hydrogen) atoms. The molecule has 0 spiro atoms. The van der Waals surface area contributed by atoms with Crippen LogP contribution in [0.2, 0.25) is 0 Å². The number of benzene rings is 1.